The number of methoxy groups -OCH3 is 1. The van der Waals surface area contributed by atoms with Crippen LogP contribution in [-0.4, -0.2) is 66.6 Å². The van der Waals surface area contributed by atoms with Crippen LogP contribution < -0.4 is 14.8 Å². The predicted molar refractivity (Wildman–Crippen MR) is 130 cm³/mol. The van der Waals surface area contributed by atoms with Crippen molar-refractivity contribution in [3.8, 4) is 17.6 Å². The first kappa shape index (κ1) is 21.9. The van der Waals surface area contributed by atoms with Crippen LogP contribution in [0.3, 0.4) is 0 Å². The largest absolute Gasteiger partial charge is 0.493 e. The van der Waals surface area contributed by atoms with Crippen LogP contribution in [0.2, 0.25) is 0 Å². The smallest absolute Gasteiger partial charge is 0.163 e. The molecule has 0 spiro atoms. The highest BCUT2D eigenvalue weighted by Crippen LogP contribution is 2.37. The molecule has 2 aromatic carbocycles. The molecule has 0 aliphatic carbocycles. The first-order valence-electron chi connectivity index (χ1n) is 11.3. The summed E-state index contributed by atoms with van der Waals surface area (Å²) in [4.78, 5) is 6.88. The maximum absolute atomic E-state index is 9.71. The van der Waals surface area contributed by atoms with Crippen molar-refractivity contribution in [3.63, 3.8) is 0 Å². The number of nitrogens with zero attached hydrogens (tertiary/aromatic N) is 4. The Labute approximate surface area is 197 Å². The van der Waals surface area contributed by atoms with E-state index in [2.05, 4.69) is 31.5 Å². The molecular weight excluding hydrogens is 432 g/mol. The summed E-state index contributed by atoms with van der Waals surface area (Å²) >= 11 is 0. The number of aromatic nitrogens is 3. The van der Waals surface area contributed by atoms with Crippen molar-refractivity contribution < 1.29 is 14.2 Å². The summed E-state index contributed by atoms with van der Waals surface area (Å²) in [5.41, 5.74) is 3.57. The highest BCUT2D eigenvalue weighted by atomic mass is 16.5. The van der Waals surface area contributed by atoms with E-state index in [1.54, 1.807) is 19.5 Å². The average molecular weight is 459 g/mol. The topological polar surface area (TPSA) is 108 Å². The first-order chi connectivity index (χ1) is 16.7. The van der Waals surface area contributed by atoms with Gasteiger partial charge in [-0.2, -0.15) is 10.4 Å². The van der Waals surface area contributed by atoms with Gasteiger partial charge in [-0.05, 0) is 30.7 Å². The van der Waals surface area contributed by atoms with E-state index in [9.17, 15) is 5.26 Å². The Kier molecular flexibility index (Phi) is 6.42. The second-order valence-corrected chi connectivity index (χ2v) is 8.13. The lowest BCUT2D eigenvalue weighted by Crippen LogP contribution is -2.37. The molecule has 0 radical (unpaired) electrons. The Bertz CT molecular complexity index is 1340. The van der Waals surface area contributed by atoms with Crippen LogP contribution in [0.25, 0.3) is 21.8 Å². The number of aromatic amines is 1. The molecule has 4 aromatic rings. The maximum atomic E-state index is 9.71. The fraction of sp³-hybridized carbons (Fsp3) is 0.320. The van der Waals surface area contributed by atoms with E-state index in [1.807, 2.05) is 30.3 Å². The van der Waals surface area contributed by atoms with Gasteiger partial charge in [0.25, 0.3) is 0 Å². The Morgan fingerprint density at radius 2 is 2.06 bits per heavy atom. The molecule has 2 N–H and O–H groups in total. The third-order valence-corrected chi connectivity index (χ3v) is 5.97. The molecule has 0 unspecified atom stereocenters. The zero-order chi connectivity index (χ0) is 23.3. The van der Waals surface area contributed by atoms with E-state index in [1.165, 1.54) is 0 Å². The molecular formula is C25H26N6O3. The van der Waals surface area contributed by atoms with E-state index in [-0.39, 0.29) is 0 Å². The summed E-state index contributed by atoms with van der Waals surface area (Å²) in [5.74, 6) is 1.24. The number of fused-ring (bicyclic) bond motifs is 2. The summed E-state index contributed by atoms with van der Waals surface area (Å²) in [6.07, 6.45) is 4.26. The standard InChI is InChI=1S/C25H26N6O3/c1-32-23-12-20-22(13-24(23)34-8-2-5-31-6-9-33-10-7-31)27-15-18(14-26)25(20)29-19-4-3-17-16-28-30-21(17)11-19/h3-4,11-13,15-16H,2,5-10H2,1H3,(H,27,29)(H,28,30). The van der Waals surface area contributed by atoms with E-state index < -0.39 is 0 Å². The van der Waals surface area contributed by atoms with Gasteiger partial charge in [0, 0.05) is 48.4 Å². The Morgan fingerprint density at radius 3 is 2.88 bits per heavy atom. The molecule has 1 fully saturated rings. The van der Waals surface area contributed by atoms with Crippen LogP contribution in [0.5, 0.6) is 11.5 Å². The molecule has 2 aromatic heterocycles. The highest BCUT2D eigenvalue weighted by Gasteiger charge is 2.15. The SMILES string of the molecule is COc1cc2c(Nc3ccc4cn[nH]c4c3)c(C#N)cnc2cc1OCCCN1CCOCC1. The fourth-order valence-corrected chi connectivity index (χ4v) is 4.15. The third kappa shape index (κ3) is 4.59. The monoisotopic (exact) mass is 458 g/mol. The lowest BCUT2D eigenvalue weighted by atomic mass is 10.1. The van der Waals surface area contributed by atoms with E-state index in [0.717, 1.165) is 61.2 Å². The molecule has 1 aliphatic rings. The number of nitrogens with one attached hydrogen (secondary N) is 2. The number of benzene rings is 2. The molecule has 9 heteroatoms. The minimum absolute atomic E-state index is 0.443. The summed E-state index contributed by atoms with van der Waals surface area (Å²) in [6.45, 7) is 5.06. The van der Waals surface area contributed by atoms with Crippen LogP contribution in [-0.2, 0) is 4.74 Å². The number of hydrogen-bond acceptors (Lipinski definition) is 8. The number of nitriles is 1. The van der Waals surface area contributed by atoms with Crippen molar-refractivity contribution in [2.45, 2.75) is 6.42 Å². The average Bonchev–Trinajstić information content (AvgIpc) is 3.35. The quantitative estimate of drug-likeness (QED) is 0.384. The van der Waals surface area contributed by atoms with Gasteiger partial charge in [-0.25, -0.2) is 0 Å². The second kappa shape index (κ2) is 9.95. The first-order valence-corrected chi connectivity index (χ1v) is 11.3. The normalized spacial score (nSPS) is 14.2. The number of hydrogen-bond donors (Lipinski definition) is 2. The second-order valence-electron chi connectivity index (χ2n) is 8.13. The number of pyridine rings is 1. The van der Waals surface area contributed by atoms with Crippen LogP contribution in [0.4, 0.5) is 11.4 Å². The minimum Gasteiger partial charge on any atom is -0.493 e. The van der Waals surface area contributed by atoms with Gasteiger partial charge in [-0.15, -0.1) is 0 Å². The highest BCUT2D eigenvalue weighted by molar-refractivity contribution is 5.98. The van der Waals surface area contributed by atoms with Gasteiger partial charge < -0.3 is 19.5 Å². The zero-order valence-corrected chi connectivity index (χ0v) is 19.0. The van der Waals surface area contributed by atoms with Gasteiger partial charge >= 0.3 is 0 Å². The van der Waals surface area contributed by atoms with Crippen molar-refractivity contribution in [1.29, 1.82) is 5.26 Å². The molecule has 174 valence electrons. The summed E-state index contributed by atoms with van der Waals surface area (Å²) in [7, 11) is 1.61. The number of morpholine rings is 1. The van der Waals surface area contributed by atoms with Crippen molar-refractivity contribution in [3.05, 3.63) is 48.3 Å². The Hall–Kier alpha value is -3.87. The Balaban J connectivity index is 1.39. The lowest BCUT2D eigenvalue weighted by molar-refractivity contribution is 0.0357. The predicted octanol–water partition coefficient (Wildman–Crippen LogP) is 3.84. The molecule has 9 nitrogen and oxygen atoms in total. The third-order valence-electron chi connectivity index (χ3n) is 5.97. The molecule has 0 amide bonds. The van der Waals surface area contributed by atoms with E-state index in [0.29, 0.717) is 34.9 Å². The van der Waals surface area contributed by atoms with Gasteiger partial charge in [0.05, 0.1) is 55.4 Å². The lowest BCUT2D eigenvalue weighted by Gasteiger charge is -2.26. The van der Waals surface area contributed by atoms with Crippen LogP contribution in [0, 0.1) is 11.3 Å². The fourth-order valence-electron chi connectivity index (χ4n) is 4.15. The molecule has 34 heavy (non-hydrogen) atoms. The van der Waals surface area contributed by atoms with Gasteiger partial charge in [-0.1, -0.05) is 0 Å². The Morgan fingerprint density at radius 1 is 1.18 bits per heavy atom. The zero-order valence-electron chi connectivity index (χ0n) is 19.0. The number of anilines is 2. The van der Waals surface area contributed by atoms with Crippen LogP contribution >= 0.6 is 0 Å². The van der Waals surface area contributed by atoms with Crippen molar-refractivity contribution >= 4 is 33.2 Å². The van der Waals surface area contributed by atoms with Gasteiger partial charge in [0.2, 0.25) is 0 Å². The number of ether oxygens (including phenoxy) is 3. The van der Waals surface area contributed by atoms with Crippen molar-refractivity contribution in [1.82, 2.24) is 20.1 Å². The number of H-pyrrole nitrogens is 1. The summed E-state index contributed by atoms with van der Waals surface area (Å²) in [5, 5.41) is 21.9. The van der Waals surface area contributed by atoms with Gasteiger partial charge in [0.15, 0.2) is 11.5 Å². The van der Waals surface area contributed by atoms with Crippen LogP contribution in [0.1, 0.15) is 12.0 Å². The maximum Gasteiger partial charge on any atom is 0.163 e. The van der Waals surface area contributed by atoms with E-state index in [4.69, 9.17) is 14.2 Å². The summed E-state index contributed by atoms with van der Waals surface area (Å²) < 4.78 is 17.1. The molecule has 1 aliphatic heterocycles. The summed E-state index contributed by atoms with van der Waals surface area (Å²) in [6, 6.07) is 11.9. The molecule has 0 saturated carbocycles. The molecule has 1 saturated heterocycles. The van der Waals surface area contributed by atoms with Crippen LogP contribution in [0.15, 0.2) is 42.7 Å². The molecule has 0 atom stereocenters. The molecule has 3 heterocycles. The van der Waals surface area contributed by atoms with Crippen molar-refractivity contribution in [2.75, 3.05) is 51.9 Å². The molecule has 0 bridgehead atoms. The van der Waals surface area contributed by atoms with E-state index >= 15 is 0 Å². The van der Waals surface area contributed by atoms with Gasteiger partial charge in [-0.3, -0.25) is 15.0 Å². The molecule has 5 rings (SSSR count). The van der Waals surface area contributed by atoms with Crippen molar-refractivity contribution in [2.24, 2.45) is 0 Å². The minimum atomic E-state index is 0.443. The van der Waals surface area contributed by atoms with Gasteiger partial charge in [0.1, 0.15) is 6.07 Å². The number of rotatable bonds is 8.